The SMILES string of the molecule is Cc1ccc2c(c1)CCCN2C(=O)c1cc(C2CC2)on1. The fraction of sp³-hybridized carbons (Fsp3) is 0.412. The Morgan fingerprint density at radius 2 is 2.19 bits per heavy atom. The number of aryl methyl sites for hydroxylation is 2. The highest BCUT2D eigenvalue weighted by Crippen LogP contribution is 2.40. The van der Waals surface area contributed by atoms with Crippen molar-refractivity contribution in [3.05, 3.63) is 46.8 Å². The van der Waals surface area contributed by atoms with E-state index in [1.165, 1.54) is 11.1 Å². The topological polar surface area (TPSA) is 46.3 Å². The molecule has 0 saturated heterocycles. The average Bonchev–Trinajstić information content (AvgIpc) is 3.23. The van der Waals surface area contributed by atoms with E-state index in [1.807, 2.05) is 17.0 Å². The standard InChI is InChI=1S/C17H18N2O2/c1-11-4-7-15-13(9-11)3-2-8-19(15)17(20)14-10-16(21-18-14)12-5-6-12/h4,7,9-10,12H,2-3,5-6,8H2,1H3. The molecule has 4 heteroatoms. The first kappa shape index (κ1) is 12.6. The highest BCUT2D eigenvalue weighted by Gasteiger charge is 2.31. The van der Waals surface area contributed by atoms with Gasteiger partial charge in [0.25, 0.3) is 5.91 Å². The van der Waals surface area contributed by atoms with Crippen molar-refractivity contribution in [2.24, 2.45) is 0 Å². The van der Waals surface area contributed by atoms with Crippen molar-refractivity contribution in [1.82, 2.24) is 5.16 Å². The van der Waals surface area contributed by atoms with Crippen LogP contribution < -0.4 is 4.90 Å². The van der Waals surface area contributed by atoms with Gasteiger partial charge in [-0.1, -0.05) is 22.9 Å². The van der Waals surface area contributed by atoms with Gasteiger partial charge in [-0.25, -0.2) is 0 Å². The van der Waals surface area contributed by atoms with Gasteiger partial charge in [-0.15, -0.1) is 0 Å². The van der Waals surface area contributed by atoms with E-state index < -0.39 is 0 Å². The van der Waals surface area contributed by atoms with Crippen molar-refractivity contribution >= 4 is 11.6 Å². The number of carbonyl (C=O) groups is 1. The lowest BCUT2D eigenvalue weighted by atomic mass is 9.99. The molecule has 4 nitrogen and oxygen atoms in total. The number of aromatic nitrogens is 1. The number of anilines is 1. The third-order valence-corrected chi connectivity index (χ3v) is 4.33. The zero-order valence-electron chi connectivity index (χ0n) is 12.1. The maximum atomic E-state index is 12.7. The van der Waals surface area contributed by atoms with Crippen LogP contribution in [0.5, 0.6) is 0 Å². The van der Waals surface area contributed by atoms with Gasteiger partial charge in [0, 0.05) is 24.2 Å². The Balaban J connectivity index is 1.65. The second-order valence-electron chi connectivity index (χ2n) is 6.08. The quantitative estimate of drug-likeness (QED) is 0.847. The van der Waals surface area contributed by atoms with Gasteiger partial charge >= 0.3 is 0 Å². The number of hydrogen-bond acceptors (Lipinski definition) is 3. The summed E-state index contributed by atoms with van der Waals surface area (Å²) in [5.41, 5.74) is 3.94. The van der Waals surface area contributed by atoms with Crippen LogP contribution in [0.1, 0.15) is 52.6 Å². The summed E-state index contributed by atoms with van der Waals surface area (Å²) in [5, 5.41) is 3.98. The first-order valence-electron chi connectivity index (χ1n) is 7.60. The van der Waals surface area contributed by atoms with Crippen LogP contribution in [0.2, 0.25) is 0 Å². The molecule has 2 aliphatic rings. The van der Waals surface area contributed by atoms with Gasteiger partial charge in [-0.2, -0.15) is 0 Å². The number of hydrogen-bond donors (Lipinski definition) is 0. The summed E-state index contributed by atoms with van der Waals surface area (Å²) >= 11 is 0. The molecule has 1 aromatic carbocycles. The highest BCUT2D eigenvalue weighted by atomic mass is 16.5. The van der Waals surface area contributed by atoms with Crippen molar-refractivity contribution in [2.75, 3.05) is 11.4 Å². The van der Waals surface area contributed by atoms with Crippen LogP contribution >= 0.6 is 0 Å². The van der Waals surface area contributed by atoms with Crippen molar-refractivity contribution in [3.8, 4) is 0 Å². The summed E-state index contributed by atoms with van der Waals surface area (Å²) in [6.07, 6.45) is 4.33. The third kappa shape index (κ3) is 2.24. The predicted octanol–water partition coefficient (Wildman–Crippen LogP) is 3.45. The average molecular weight is 282 g/mol. The Morgan fingerprint density at radius 1 is 1.33 bits per heavy atom. The second kappa shape index (κ2) is 4.72. The molecule has 2 heterocycles. The molecule has 21 heavy (non-hydrogen) atoms. The van der Waals surface area contributed by atoms with E-state index in [-0.39, 0.29) is 5.91 Å². The van der Waals surface area contributed by atoms with Gasteiger partial charge in [0.2, 0.25) is 0 Å². The molecular formula is C17H18N2O2. The summed E-state index contributed by atoms with van der Waals surface area (Å²) in [6.45, 7) is 2.83. The molecule has 0 spiro atoms. The van der Waals surface area contributed by atoms with Gasteiger partial charge in [0.05, 0.1) is 0 Å². The van der Waals surface area contributed by atoms with Crippen LogP contribution in [0.3, 0.4) is 0 Å². The summed E-state index contributed by atoms with van der Waals surface area (Å²) in [5.74, 6) is 1.30. The maximum absolute atomic E-state index is 12.7. The smallest absolute Gasteiger partial charge is 0.280 e. The number of benzene rings is 1. The van der Waals surface area contributed by atoms with Gasteiger partial charge in [-0.05, 0) is 44.2 Å². The fourth-order valence-electron chi connectivity index (χ4n) is 3.03. The number of carbonyl (C=O) groups excluding carboxylic acids is 1. The van der Waals surface area contributed by atoms with Gasteiger partial charge in [0.1, 0.15) is 5.76 Å². The van der Waals surface area contributed by atoms with E-state index in [0.717, 1.165) is 43.7 Å². The van der Waals surface area contributed by atoms with Crippen LogP contribution in [0, 0.1) is 6.92 Å². The van der Waals surface area contributed by atoms with Crippen LogP contribution in [-0.4, -0.2) is 17.6 Å². The van der Waals surface area contributed by atoms with E-state index >= 15 is 0 Å². The zero-order valence-corrected chi connectivity index (χ0v) is 12.1. The molecule has 1 aliphatic heterocycles. The van der Waals surface area contributed by atoms with Gasteiger partial charge in [0.15, 0.2) is 5.69 Å². The lowest BCUT2D eigenvalue weighted by molar-refractivity contribution is 0.0976. The lowest BCUT2D eigenvalue weighted by Gasteiger charge is -2.29. The Bertz CT molecular complexity index is 701. The highest BCUT2D eigenvalue weighted by molar-refractivity contribution is 6.05. The largest absolute Gasteiger partial charge is 0.360 e. The van der Waals surface area contributed by atoms with Crippen LogP contribution in [-0.2, 0) is 6.42 Å². The molecule has 1 saturated carbocycles. The minimum Gasteiger partial charge on any atom is -0.360 e. The zero-order chi connectivity index (χ0) is 14.4. The van der Waals surface area contributed by atoms with E-state index in [9.17, 15) is 4.79 Å². The maximum Gasteiger partial charge on any atom is 0.280 e. The van der Waals surface area contributed by atoms with Crippen LogP contribution in [0.15, 0.2) is 28.8 Å². The van der Waals surface area contributed by atoms with Gasteiger partial charge in [-0.3, -0.25) is 4.79 Å². The molecule has 1 fully saturated rings. The number of nitrogens with zero attached hydrogens (tertiary/aromatic N) is 2. The Kier molecular flexibility index (Phi) is 2.84. The predicted molar refractivity (Wildman–Crippen MR) is 79.7 cm³/mol. The van der Waals surface area contributed by atoms with Crippen molar-refractivity contribution < 1.29 is 9.32 Å². The third-order valence-electron chi connectivity index (χ3n) is 4.33. The van der Waals surface area contributed by atoms with Crippen LogP contribution in [0.4, 0.5) is 5.69 Å². The second-order valence-corrected chi connectivity index (χ2v) is 6.08. The number of fused-ring (bicyclic) bond motifs is 1. The molecule has 1 aliphatic carbocycles. The number of amides is 1. The van der Waals surface area contributed by atoms with Crippen LogP contribution in [0.25, 0.3) is 0 Å². The van der Waals surface area contributed by atoms with Crippen molar-refractivity contribution in [2.45, 2.75) is 38.5 Å². The molecule has 0 radical (unpaired) electrons. The fourth-order valence-corrected chi connectivity index (χ4v) is 3.03. The Hall–Kier alpha value is -2.10. The molecule has 0 atom stereocenters. The first-order chi connectivity index (χ1) is 10.2. The normalized spacial score (nSPS) is 17.7. The molecule has 0 N–H and O–H groups in total. The summed E-state index contributed by atoms with van der Waals surface area (Å²) in [4.78, 5) is 14.5. The van der Waals surface area contributed by atoms with E-state index in [1.54, 1.807) is 0 Å². The lowest BCUT2D eigenvalue weighted by Crippen LogP contribution is -2.35. The summed E-state index contributed by atoms with van der Waals surface area (Å²) < 4.78 is 5.31. The molecule has 108 valence electrons. The van der Waals surface area contributed by atoms with E-state index in [0.29, 0.717) is 11.6 Å². The molecule has 1 amide bonds. The first-order valence-corrected chi connectivity index (χ1v) is 7.60. The monoisotopic (exact) mass is 282 g/mol. The number of rotatable bonds is 2. The summed E-state index contributed by atoms with van der Waals surface area (Å²) in [6, 6.07) is 8.10. The Morgan fingerprint density at radius 3 is 3.00 bits per heavy atom. The van der Waals surface area contributed by atoms with Gasteiger partial charge < -0.3 is 9.42 Å². The Labute approximate surface area is 123 Å². The molecule has 0 bridgehead atoms. The van der Waals surface area contributed by atoms with E-state index in [2.05, 4.69) is 24.2 Å². The molecule has 0 unspecified atom stereocenters. The van der Waals surface area contributed by atoms with Crippen molar-refractivity contribution in [3.63, 3.8) is 0 Å². The molecule has 2 aromatic rings. The van der Waals surface area contributed by atoms with Crippen molar-refractivity contribution in [1.29, 1.82) is 0 Å². The molecule has 4 rings (SSSR count). The minimum atomic E-state index is -0.0459. The molecule has 1 aromatic heterocycles. The minimum absolute atomic E-state index is 0.0459. The molecular weight excluding hydrogens is 264 g/mol. The van der Waals surface area contributed by atoms with E-state index in [4.69, 9.17) is 4.52 Å². The summed E-state index contributed by atoms with van der Waals surface area (Å²) in [7, 11) is 0.